The molecule has 3 aromatic rings. The Morgan fingerprint density at radius 3 is 2.55 bits per heavy atom. The Balaban J connectivity index is 1.60. The number of aromatic nitrogens is 1. The number of hydrogen-bond donors (Lipinski definition) is 0. The van der Waals surface area contributed by atoms with Gasteiger partial charge >= 0.3 is 0 Å². The molecular formula is C28H38N4O4S2. The van der Waals surface area contributed by atoms with Crippen LogP contribution in [0.1, 0.15) is 56.3 Å². The second-order valence-electron chi connectivity index (χ2n) is 9.87. The fourth-order valence-corrected chi connectivity index (χ4v) is 7.64. The third-order valence-corrected chi connectivity index (χ3v) is 9.88. The summed E-state index contributed by atoms with van der Waals surface area (Å²) in [5.41, 5.74) is 1.25. The van der Waals surface area contributed by atoms with Gasteiger partial charge in [-0.2, -0.15) is 4.31 Å². The Morgan fingerprint density at radius 1 is 1.11 bits per heavy atom. The minimum atomic E-state index is -3.61. The van der Waals surface area contributed by atoms with E-state index in [1.165, 1.54) is 11.3 Å². The lowest BCUT2D eigenvalue weighted by Crippen LogP contribution is -2.43. The van der Waals surface area contributed by atoms with Gasteiger partial charge in [0.15, 0.2) is 5.13 Å². The average Bonchev–Trinajstić information content (AvgIpc) is 3.34. The molecule has 2 heterocycles. The van der Waals surface area contributed by atoms with E-state index in [-0.39, 0.29) is 16.8 Å². The van der Waals surface area contributed by atoms with Gasteiger partial charge in [-0.1, -0.05) is 24.7 Å². The molecule has 8 nitrogen and oxygen atoms in total. The highest BCUT2D eigenvalue weighted by Crippen LogP contribution is 2.33. The summed E-state index contributed by atoms with van der Waals surface area (Å²) in [5, 5.41) is 0.619. The lowest BCUT2D eigenvalue weighted by molar-refractivity contribution is 0.0986. The highest BCUT2D eigenvalue weighted by molar-refractivity contribution is 7.89. The minimum absolute atomic E-state index is 0.0320. The molecule has 4 rings (SSSR count). The zero-order valence-corrected chi connectivity index (χ0v) is 24.4. The standard InChI is InChI=1S/C28H38N4O4S2/c1-5-22-10-7-8-19-32(22)38(34,35)24-14-11-21(12-15-24)27(33)31(18-9-17-30(3)4)28-29-25-16-13-23(36-6-2)20-26(25)37-28/h11-16,20,22H,5-10,17-19H2,1-4H3. The number of thiazole rings is 1. The number of rotatable bonds is 11. The molecule has 1 saturated heterocycles. The van der Waals surface area contributed by atoms with Crippen molar-refractivity contribution in [3.05, 3.63) is 48.0 Å². The molecular weight excluding hydrogens is 520 g/mol. The quantitative estimate of drug-likeness (QED) is 0.320. The van der Waals surface area contributed by atoms with Gasteiger partial charge in [0, 0.05) is 24.7 Å². The van der Waals surface area contributed by atoms with Crippen LogP contribution in [0.15, 0.2) is 47.4 Å². The summed E-state index contributed by atoms with van der Waals surface area (Å²) in [6.45, 7) is 6.43. The van der Waals surface area contributed by atoms with Gasteiger partial charge in [-0.05, 0) is 95.7 Å². The molecule has 0 saturated carbocycles. The Hall–Kier alpha value is -2.53. The van der Waals surface area contributed by atoms with Crippen LogP contribution in [-0.4, -0.2) is 74.9 Å². The maximum atomic E-state index is 13.7. The SMILES string of the molecule is CCOc1ccc2nc(N(CCCN(C)C)C(=O)c3ccc(S(=O)(=O)N4CCCCC4CC)cc3)sc2c1. The van der Waals surface area contributed by atoms with Crippen molar-refractivity contribution >= 4 is 42.6 Å². The molecule has 0 spiro atoms. The second kappa shape index (κ2) is 12.5. The van der Waals surface area contributed by atoms with Crippen molar-refractivity contribution in [3.8, 4) is 5.75 Å². The van der Waals surface area contributed by atoms with Crippen molar-refractivity contribution in [1.29, 1.82) is 0 Å². The van der Waals surface area contributed by atoms with Crippen molar-refractivity contribution in [3.63, 3.8) is 0 Å². The van der Waals surface area contributed by atoms with Crippen molar-refractivity contribution in [2.24, 2.45) is 0 Å². The number of sulfonamides is 1. The largest absolute Gasteiger partial charge is 0.494 e. The highest BCUT2D eigenvalue weighted by Gasteiger charge is 2.32. The van der Waals surface area contributed by atoms with Gasteiger partial charge in [-0.25, -0.2) is 13.4 Å². The predicted molar refractivity (Wildman–Crippen MR) is 154 cm³/mol. The Morgan fingerprint density at radius 2 is 1.87 bits per heavy atom. The molecule has 1 aliphatic heterocycles. The molecule has 0 N–H and O–H groups in total. The van der Waals surface area contributed by atoms with E-state index in [1.807, 2.05) is 46.1 Å². The third kappa shape index (κ3) is 6.36. The molecule has 1 aliphatic rings. The summed E-state index contributed by atoms with van der Waals surface area (Å²) < 4.78 is 35.0. The maximum absolute atomic E-state index is 13.7. The summed E-state index contributed by atoms with van der Waals surface area (Å²) in [6.07, 6.45) is 4.40. The zero-order chi connectivity index (χ0) is 27.3. The van der Waals surface area contributed by atoms with E-state index >= 15 is 0 Å². The van der Waals surface area contributed by atoms with Crippen molar-refractivity contribution < 1.29 is 17.9 Å². The molecule has 1 amide bonds. The first-order valence-corrected chi connectivity index (χ1v) is 15.6. The summed E-state index contributed by atoms with van der Waals surface area (Å²) >= 11 is 1.45. The smallest absolute Gasteiger partial charge is 0.260 e. The van der Waals surface area contributed by atoms with Crippen LogP contribution in [0, 0.1) is 0 Å². The van der Waals surface area contributed by atoms with E-state index in [9.17, 15) is 13.2 Å². The molecule has 0 bridgehead atoms. The van der Waals surface area contributed by atoms with Crippen LogP contribution in [0.4, 0.5) is 5.13 Å². The van der Waals surface area contributed by atoms with E-state index in [1.54, 1.807) is 33.5 Å². The van der Waals surface area contributed by atoms with Gasteiger partial charge in [0.25, 0.3) is 5.91 Å². The van der Waals surface area contributed by atoms with E-state index < -0.39 is 10.0 Å². The molecule has 1 unspecified atom stereocenters. The molecule has 206 valence electrons. The van der Waals surface area contributed by atoms with Crippen LogP contribution in [0.2, 0.25) is 0 Å². The Kier molecular flexibility index (Phi) is 9.40. The second-order valence-corrected chi connectivity index (χ2v) is 12.8. The number of amides is 1. The van der Waals surface area contributed by atoms with Crippen LogP contribution in [0.5, 0.6) is 5.75 Å². The molecule has 0 radical (unpaired) electrons. The predicted octanol–water partition coefficient (Wildman–Crippen LogP) is 5.25. The molecule has 1 fully saturated rings. The lowest BCUT2D eigenvalue weighted by atomic mass is 10.0. The first-order chi connectivity index (χ1) is 18.2. The summed E-state index contributed by atoms with van der Waals surface area (Å²) in [7, 11) is 0.400. The molecule has 1 aromatic heterocycles. The van der Waals surface area contributed by atoms with Crippen LogP contribution in [0.3, 0.4) is 0 Å². The number of benzene rings is 2. The molecule has 2 aromatic carbocycles. The number of hydrogen-bond acceptors (Lipinski definition) is 7. The van der Waals surface area contributed by atoms with Crippen LogP contribution in [-0.2, 0) is 10.0 Å². The topological polar surface area (TPSA) is 83.0 Å². The lowest BCUT2D eigenvalue weighted by Gasteiger charge is -2.34. The Labute approximate surface area is 230 Å². The number of carbonyl (C=O) groups excluding carboxylic acids is 1. The Bertz CT molecular complexity index is 1340. The molecule has 0 aliphatic carbocycles. The van der Waals surface area contributed by atoms with Crippen LogP contribution < -0.4 is 9.64 Å². The van der Waals surface area contributed by atoms with Crippen molar-refractivity contribution in [2.45, 2.75) is 56.9 Å². The third-order valence-electron chi connectivity index (χ3n) is 6.87. The van der Waals surface area contributed by atoms with Gasteiger partial charge in [0.2, 0.25) is 10.0 Å². The van der Waals surface area contributed by atoms with E-state index in [4.69, 9.17) is 9.72 Å². The number of fused-ring (bicyclic) bond motifs is 1. The minimum Gasteiger partial charge on any atom is -0.494 e. The normalized spacial score (nSPS) is 16.7. The van der Waals surface area contributed by atoms with E-state index in [2.05, 4.69) is 4.90 Å². The monoisotopic (exact) mass is 558 g/mol. The van der Waals surface area contributed by atoms with Crippen LogP contribution in [0.25, 0.3) is 10.2 Å². The fraction of sp³-hybridized carbons (Fsp3) is 0.500. The van der Waals surface area contributed by atoms with E-state index in [0.29, 0.717) is 30.4 Å². The summed E-state index contributed by atoms with van der Waals surface area (Å²) in [5.74, 6) is 0.581. The summed E-state index contributed by atoms with van der Waals surface area (Å²) in [4.78, 5) is 22.5. The van der Waals surface area contributed by atoms with Gasteiger partial charge in [0.05, 0.1) is 21.7 Å². The van der Waals surface area contributed by atoms with Gasteiger partial charge in [-0.15, -0.1) is 0 Å². The van der Waals surface area contributed by atoms with Gasteiger partial charge < -0.3 is 9.64 Å². The van der Waals surface area contributed by atoms with Crippen molar-refractivity contribution in [1.82, 2.24) is 14.2 Å². The maximum Gasteiger partial charge on any atom is 0.260 e. The molecule has 38 heavy (non-hydrogen) atoms. The zero-order valence-electron chi connectivity index (χ0n) is 22.7. The number of carbonyl (C=O) groups is 1. The number of anilines is 1. The van der Waals surface area contributed by atoms with Crippen molar-refractivity contribution in [2.75, 3.05) is 45.2 Å². The van der Waals surface area contributed by atoms with Gasteiger partial charge in [-0.3, -0.25) is 9.69 Å². The van der Waals surface area contributed by atoms with E-state index in [0.717, 1.165) is 54.6 Å². The summed E-state index contributed by atoms with van der Waals surface area (Å²) in [6, 6.07) is 12.2. The van der Waals surface area contributed by atoms with Crippen LogP contribution >= 0.6 is 11.3 Å². The average molecular weight is 559 g/mol. The van der Waals surface area contributed by atoms with Gasteiger partial charge in [0.1, 0.15) is 5.75 Å². The fourth-order valence-electron chi connectivity index (χ4n) is 4.85. The first-order valence-electron chi connectivity index (χ1n) is 13.4. The molecule has 1 atom stereocenters. The number of piperidine rings is 1. The number of ether oxygens (including phenoxy) is 1. The highest BCUT2D eigenvalue weighted by atomic mass is 32.2. The first kappa shape index (κ1) is 28.5. The molecule has 10 heteroatoms. The number of nitrogens with zero attached hydrogens (tertiary/aromatic N) is 4.